The average Bonchev–Trinajstić information content (AvgIpc) is 3.01. The SMILES string of the molecule is COCOc1ccc(C2(C)COc3cc(OCOC)ccc3C2CCCCCCCCCNCCCC(F)(F)C(F)(F)F)cc1. The van der Waals surface area contributed by atoms with E-state index in [2.05, 4.69) is 30.4 Å². The minimum atomic E-state index is -5.47. The van der Waals surface area contributed by atoms with E-state index in [1.54, 1.807) is 14.2 Å². The topological polar surface area (TPSA) is 58.2 Å². The first kappa shape index (κ1) is 36.8. The van der Waals surface area contributed by atoms with Crippen LogP contribution in [0.25, 0.3) is 0 Å². The molecule has 2 aromatic rings. The van der Waals surface area contributed by atoms with Gasteiger partial charge in [0.15, 0.2) is 13.6 Å². The third-order valence-electron chi connectivity index (χ3n) is 8.46. The molecular formula is C34H48F5NO5. The largest absolute Gasteiger partial charge is 0.492 e. The van der Waals surface area contributed by atoms with Crippen molar-refractivity contribution in [2.45, 2.75) is 94.6 Å². The summed E-state index contributed by atoms with van der Waals surface area (Å²) in [4.78, 5) is 0. The zero-order valence-corrected chi connectivity index (χ0v) is 26.7. The molecule has 1 N–H and O–H groups in total. The Labute approximate surface area is 263 Å². The van der Waals surface area contributed by atoms with Crippen LogP contribution < -0.4 is 19.5 Å². The van der Waals surface area contributed by atoms with Gasteiger partial charge in [-0.05, 0) is 61.7 Å². The van der Waals surface area contributed by atoms with Crippen LogP contribution >= 0.6 is 0 Å². The highest BCUT2D eigenvalue weighted by Gasteiger charge is 2.56. The number of nitrogens with one attached hydrogen (secondary N) is 1. The molecule has 0 saturated carbocycles. The zero-order chi connectivity index (χ0) is 32.8. The predicted molar refractivity (Wildman–Crippen MR) is 164 cm³/mol. The Morgan fingerprint density at radius 1 is 0.778 bits per heavy atom. The van der Waals surface area contributed by atoms with Crippen LogP contribution in [0.15, 0.2) is 42.5 Å². The molecule has 254 valence electrons. The van der Waals surface area contributed by atoms with Gasteiger partial charge in [-0.25, -0.2) is 0 Å². The maximum Gasteiger partial charge on any atom is 0.453 e. The van der Waals surface area contributed by atoms with E-state index in [0.29, 0.717) is 18.9 Å². The number of benzene rings is 2. The Bertz CT molecular complexity index is 1130. The number of ether oxygens (including phenoxy) is 5. The van der Waals surface area contributed by atoms with Gasteiger partial charge in [0.2, 0.25) is 0 Å². The lowest BCUT2D eigenvalue weighted by atomic mass is 9.66. The summed E-state index contributed by atoms with van der Waals surface area (Å²) in [6.07, 6.45) is 1.46. The Morgan fingerprint density at radius 2 is 1.36 bits per heavy atom. The monoisotopic (exact) mass is 645 g/mol. The van der Waals surface area contributed by atoms with Crippen LogP contribution in [-0.2, 0) is 14.9 Å². The number of unbranched alkanes of at least 4 members (excludes halogenated alkanes) is 6. The quantitative estimate of drug-likeness (QED) is 0.0832. The highest BCUT2D eigenvalue weighted by atomic mass is 19.4. The highest BCUT2D eigenvalue weighted by Crippen LogP contribution is 2.50. The van der Waals surface area contributed by atoms with E-state index in [-0.39, 0.29) is 37.9 Å². The molecule has 0 radical (unpaired) electrons. The molecule has 1 aliphatic heterocycles. The smallest absolute Gasteiger partial charge is 0.453 e. The van der Waals surface area contributed by atoms with Crippen molar-refractivity contribution < 1.29 is 45.6 Å². The third kappa shape index (κ3) is 11.0. The highest BCUT2D eigenvalue weighted by molar-refractivity contribution is 5.48. The van der Waals surface area contributed by atoms with Crippen molar-refractivity contribution >= 4 is 0 Å². The Balaban J connectivity index is 1.45. The molecular weight excluding hydrogens is 597 g/mol. The summed E-state index contributed by atoms with van der Waals surface area (Å²) in [5, 5.41) is 2.97. The number of methoxy groups -OCH3 is 2. The van der Waals surface area contributed by atoms with Crippen LogP contribution in [0.1, 0.15) is 88.2 Å². The summed E-state index contributed by atoms with van der Waals surface area (Å²) in [6.45, 7) is 3.94. The first-order valence-electron chi connectivity index (χ1n) is 15.8. The van der Waals surface area contributed by atoms with Crippen molar-refractivity contribution in [2.24, 2.45) is 0 Å². The zero-order valence-electron chi connectivity index (χ0n) is 26.7. The van der Waals surface area contributed by atoms with E-state index in [4.69, 9.17) is 23.7 Å². The van der Waals surface area contributed by atoms with Gasteiger partial charge in [0.25, 0.3) is 0 Å². The fourth-order valence-electron chi connectivity index (χ4n) is 5.82. The van der Waals surface area contributed by atoms with Gasteiger partial charge >= 0.3 is 12.1 Å². The second-order valence-corrected chi connectivity index (χ2v) is 11.9. The summed E-state index contributed by atoms with van der Waals surface area (Å²) < 4.78 is 90.2. The summed E-state index contributed by atoms with van der Waals surface area (Å²) in [5.74, 6) is -2.08. The van der Waals surface area contributed by atoms with Crippen LogP contribution in [-0.4, -0.2) is 59.6 Å². The van der Waals surface area contributed by atoms with Crippen molar-refractivity contribution in [2.75, 3.05) is 47.5 Å². The van der Waals surface area contributed by atoms with Crippen LogP contribution in [0.2, 0.25) is 0 Å². The second-order valence-electron chi connectivity index (χ2n) is 11.9. The molecule has 0 aliphatic carbocycles. The standard InChI is InChI=1S/C34H48F5NO5/c1-32(26-13-15-27(16-14-26)44-24-41-2)23-43-31-22-28(45-25-42-3)17-18-29(31)30(32)12-9-7-5-4-6-8-10-20-40-21-11-19-33(35,36)34(37,38)39/h13-18,22,30,40H,4-12,19-21,23-25H2,1-3H3. The molecule has 11 heteroatoms. The Morgan fingerprint density at radius 3 is 2.00 bits per heavy atom. The first-order chi connectivity index (χ1) is 21.5. The number of halogens is 5. The molecule has 1 heterocycles. The molecule has 0 saturated heterocycles. The van der Waals surface area contributed by atoms with E-state index in [0.717, 1.165) is 62.9 Å². The van der Waals surface area contributed by atoms with Gasteiger partial charge in [0.05, 0.1) is 6.61 Å². The van der Waals surface area contributed by atoms with Gasteiger partial charge in [-0.3, -0.25) is 0 Å². The summed E-state index contributed by atoms with van der Waals surface area (Å²) >= 11 is 0. The molecule has 0 bridgehead atoms. The molecule has 1 aliphatic rings. The van der Waals surface area contributed by atoms with Gasteiger partial charge in [-0.2, -0.15) is 22.0 Å². The van der Waals surface area contributed by atoms with Crippen molar-refractivity contribution in [1.82, 2.24) is 5.32 Å². The van der Waals surface area contributed by atoms with E-state index in [1.165, 1.54) is 11.1 Å². The molecule has 0 spiro atoms. The average molecular weight is 646 g/mol. The lowest BCUT2D eigenvalue weighted by Crippen LogP contribution is -2.40. The molecule has 6 nitrogen and oxygen atoms in total. The van der Waals surface area contributed by atoms with Crippen LogP contribution in [0.5, 0.6) is 17.2 Å². The number of fused-ring (bicyclic) bond motifs is 1. The number of rotatable bonds is 21. The minimum Gasteiger partial charge on any atom is -0.492 e. The molecule has 2 atom stereocenters. The molecule has 0 fully saturated rings. The molecule has 2 unspecified atom stereocenters. The fourth-order valence-corrected chi connectivity index (χ4v) is 5.82. The van der Waals surface area contributed by atoms with E-state index < -0.39 is 18.5 Å². The normalized spacial score (nSPS) is 18.4. The molecule has 0 amide bonds. The van der Waals surface area contributed by atoms with Gasteiger partial charge < -0.3 is 29.0 Å². The van der Waals surface area contributed by atoms with E-state index >= 15 is 0 Å². The van der Waals surface area contributed by atoms with Gasteiger partial charge in [-0.15, -0.1) is 0 Å². The van der Waals surface area contributed by atoms with Gasteiger partial charge in [-0.1, -0.05) is 63.6 Å². The number of alkyl halides is 5. The van der Waals surface area contributed by atoms with E-state index in [9.17, 15) is 22.0 Å². The number of hydrogen-bond acceptors (Lipinski definition) is 6. The van der Waals surface area contributed by atoms with Crippen molar-refractivity contribution in [3.8, 4) is 17.2 Å². The third-order valence-corrected chi connectivity index (χ3v) is 8.46. The summed E-state index contributed by atoms with van der Waals surface area (Å²) in [7, 11) is 3.18. The Kier molecular flexibility index (Phi) is 14.7. The van der Waals surface area contributed by atoms with Crippen LogP contribution in [0.3, 0.4) is 0 Å². The van der Waals surface area contributed by atoms with Crippen molar-refractivity contribution in [3.05, 3.63) is 53.6 Å². The minimum absolute atomic E-state index is 0.160. The maximum atomic E-state index is 12.9. The summed E-state index contributed by atoms with van der Waals surface area (Å²) in [6, 6.07) is 14.2. The Hall–Kier alpha value is -2.63. The molecule has 3 rings (SSSR count). The molecule has 2 aromatic carbocycles. The first-order valence-corrected chi connectivity index (χ1v) is 15.8. The van der Waals surface area contributed by atoms with Gasteiger partial charge in [0.1, 0.15) is 17.2 Å². The molecule has 0 aromatic heterocycles. The fraction of sp³-hybridized carbons (Fsp3) is 0.647. The van der Waals surface area contributed by atoms with E-state index in [1.807, 2.05) is 24.3 Å². The lowest BCUT2D eigenvalue weighted by molar-refractivity contribution is -0.284. The van der Waals surface area contributed by atoms with Gasteiger partial charge in [0, 0.05) is 38.0 Å². The number of hydrogen-bond donors (Lipinski definition) is 1. The predicted octanol–water partition coefficient (Wildman–Crippen LogP) is 8.77. The van der Waals surface area contributed by atoms with Crippen LogP contribution in [0.4, 0.5) is 22.0 Å². The maximum absolute atomic E-state index is 12.9. The van der Waals surface area contributed by atoms with Crippen molar-refractivity contribution in [1.29, 1.82) is 0 Å². The van der Waals surface area contributed by atoms with Crippen molar-refractivity contribution in [3.63, 3.8) is 0 Å². The second kappa shape index (κ2) is 17.9. The lowest BCUT2D eigenvalue weighted by Gasteiger charge is -2.43. The molecule has 45 heavy (non-hydrogen) atoms. The summed E-state index contributed by atoms with van der Waals surface area (Å²) in [5.41, 5.74) is 2.12. The van der Waals surface area contributed by atoms with Crippen LogP contribution in [0, 0.1) is 0 Å².